The monoisotopic (exact) mass is 559 g/mol. The molecule has 2 aliphatic rings. The van der Waals surface area contributed by atoms with Crippen LogP contribution in [0.15, 0.2) is 81.3 Å². The fourth-order valence-electron chi connectivity index (χ4n) is 4.40. The second-order valence-electron chi connectivity index (χ2n) is 9.18. The molecular weight excluding hydrogens is 530 g/mol. The number of para-hydroxylation sites is 1. The van der Waals surface area contributed by atoms with Gasteiger partial charge in [-0.15, -0.1) is 0 Å². The van der Waals surface area contributed by atoms with Gasteiger partial charge in [-0.2, -0.15) is 0 Å². The van der Waals surface area contributed by atoms with E-state index in [1.807, 2.05) is 31.2 Å². The van der Waals surface area contributed by atoms with E-state index in [9.17, 15) is 14.4 Å². The van der Waals surface area contributed by atoms with Gasteiger partial charge in [-0.1, -0.05) is 36.9 Å². The first kappa shape index (κ1) is 27.2. The van der Waals surface area contributed by atoms with Gasteiger partial charge in [0.05, 0.1) is 30.9 Å². The summed E-state index contributed by atoms with van der Waals surface area (Å²) in [4.78, 5) is 50.2. The number of aliphatic imine (C=N–C) groups is 2. The van der Waals surface area contributed by atoms with E-state index in [2.05, 4.69) is 10.6 Å². The highest BCUT2D eigenvalue weighted by molar-refractivity contribution is 8.15. The summed E-state index contributed by atoms with van der Waals surface area (Å²) in [6.45, 7) is 2.19. The molecule has 2 atom stereocenters. The number of carbonyl (C=O) groups is 3. The van der Waals surface area contributed by atoms with Crippen LogP contribution < -0.4 is 15.4 Å². The van der Waals surface area contributed by atoms with E-state index in [1.165, 1.54) is 16.7 Å². The number of amides is 3. The first-order valence-corrected chi connectivity index (χ1v) is 13.8. The molecule has 3 amide bonds. The molecule has 2 N–H and O–H groups in total. The molecule has 0 radical (unpaired) electrons. The van der Waals surface area contributed by atoms with Crippen molar-refractivity contribution < 1.29 is 23.5 Å². The molecule has 11 heteroatoms. The summed E-state index contributed by atoms with van der Waals surface area (Å²) in [5.41, 5.74) is 2.02. The maximum atomic E-state index is 13.6. The molecule has 0 fully saturated rings. The Morgan fingerprint density at radius 3 is 2.77 bits per heavy atom. The summed E-state index contributed by atoms with van der Waals surface area (Å²) >= 11 is 1.22. The minimum atomic E-state index is -0.730. The lowest BCUT2D eigenvalue weighted by Crippen LogP contribution is -2.42. The number of thioether (sulfide) groups is 1. The molecule has 40 heavy (non-hydrogen) atoms. The molecule has 5 rings (SSSR count). The average molecular weight is 560 g/mol. The van der Waals surface area contributed by atoms with Crippen molar-refractivity contribution >= 4 is 51.9 Å². The number of nitrogens with one attached hydrogen (secondary N) is 2. The zero-order chi connectivity index (χ0) is 28.1. The lowest BCUT2D eigenvalue weighted by atomic mass is 10.1. The van der Waals surface area contributed by atoms with Crippen molar-refractivity contribution in [3.05, 3.63) is 78.3 Å². The summed E-state index contributed by atoms with van der Waals surface area (Å²) in [5, 5.41) is 5.60. The number of anilines is 1. The van der Waals surface area contributed by atoms with Crippen LogP contribution in [0.2, 0.25) is 0 Å². The van der Waals surface area contributed by atoms with Crippen molar-refractivity contribution in [2.24, 2.45) is 9.98 Å². The van der Waals surface area contributed by atoms with Gasteiger partial charge in [0.1, 0.15) is 23.4 Å². The molecule has 2 aromatic carbocycles. The van der Waals surface area contributed by atoms with E-state index in [0.717, 1.165) is 5.56 Å². The van der Waals surface area contributed by atoms with Gasteiger partial charge in [0.25, 0.3) is 5.91 Å². The van der Waals surface area contributed by atoms with Crippen molar-refractivity contribution in [3.63, 3.8) is 0 Å². The normalized spacial score (nSPS) is 16.4. The third-order valence-corrected chi connectivity index (χ3v) is 7.80. The Morgan fingerprint density at radius 1 is 1.15 bits per heavy atom. The summed E-state index contributed by atoms with van der Waals surface area (Å²) in [6, 6.07) is 17.4. The van der Waals surface area contributed by atoms with Crippen molar-refractivity contribution in [1.29, 1.82) is 0 Å². The number of rotatable bonds is 10. The van der Waals surface area contributed by atoms with Crippen LogP contribution in [0.4, 0.5) is 11.4 Å². The molecule has 10 nitrogen and oxygen atoms in total. The van der Waals surface area contributed by atoms with Crippen molar-refractivity contribution in [2.45, 2.75) is 44.0 Å². The number of nitrogens with zero attached hydrogens (tertiary/aromatic N) is 3. The first-order valence-electron chi connectivity index (χ1n) is 13.0. The molecule has 206 valence electrons. The lowest BCUT2D eigenvalue weighted by molar-refractivity contribution is -0.125. The fourth-order valence-corrected chi connectivity index (χ4v) is 5.42. The van der Waals surface area contributed by atoms with Crippen LogP contribution in [-0.2, 0) is 20.9 Å². The number of amidine groups is 2. The van der Waals surface area contributed by atoms with Crippen LogP contribution in [0, 0.1) is 0 Å². The van der Waals surface area contributed by atoms with E-state index in [0.29, 0.717) is 40.3 Å². The van der Waals surface area contributed by atoms with Crippen LogP contribution in [-0.4, -0.2) is 52.0 Å². The zero-order valence-electron chi connectivity index (χ0n) is 22.1. The van der Waals surface area contributed by atoms with Gasteiger partial charge in [0.15, 0.2) is 5.17 Å². The van der Waals surface area contributed by atoms with Crippen molar-refractivity contribution in [2.75, 3.05) is 12.4 Å². The number of hydrogen-bond acceptors (Lipinski definition) is 8. The number of hydrogen-bond donors (Lipinski definition) is 2. The number of ether oxygens (including phenoxy) is 1. The minimum Gasteiger partial charge on any atom is -0.497 e. The number of benzene rings is 2. The number of carbonyl (C=O) groups excluding carboxylic acids is 3. The topological polar surface area (TPSA) is 126 Å². The number of furan rings is 1. The summed E-state index contributed by atoms with van der Waals surface area (Å²) in [6.07, 6.45) is 2.43. The second kappa shape index (κ2) is 12.2. The van der Waals surface area contributed by atoms with Crippen LogP contribution in [0.5, 0.6) is 5.75 Å². The van der Waals surface area contributed by atoms with E-state index in [1.54, 1.807) is 49.8 Å². The van der Waals surface area contributed by atoms with Crippen LogP contribution in [0.3, 0.4) is 0 Å². The third kappa shape index (κ3) is 5.94. The third-order valence-electron chi connectivity index (χ3n) is 6.48. The molecule has 0 aliphatic carbocycles. The summed E-state index contributed by atoms with van der Waals surface area (Å²) in [7, 11) is 1.57. The largest absolute Gasteiger partial charge is 0.497 e. The number of methoxy groups -OCH3 is 1. The average Bonchev–Trinajstić information content (AvgIpc) is 3.61. The Morgan fingerprint density at radius 2 is 2.00 bits per heavy atom. The number of fused-ring (bicyclic) bond motifs is 3. The molecule has 0 unspecified atom stereocenters. The molecule has 3 aromatic rings. The molecule has 0 spiro atoms. The quantitative estimate of drug-likeness (QED) is 0.377. The van der Waals surface area contributed by atoms with Gasteiger partial charge in [0, 0.05) is 23.7 Å². The maximum absolute atomic E-state index is 13.6. The van der Waals surface area contributed by atoms with Crippen molar-refractivity contribution in [1.82, 2.24) is 10.2 Å². The highest BCUT2D eigenvalue weighted by atomic mass is 32.2. The van der Waals surface area contributed by atoms with Gasteiger partial charge in [-0.3, -0.25) is 19.4 Å². The molecule has 2 aliphatic heterocycles. The first-order chi connectivity index (χ1) is 19.5. The molecule has 0 saturated carbocycles. The Labute approximate surface area is 235 Å². The highest BCUT2D eigenvalue weighted by Crippen LogP contribution is 2.36. The Bertz CT molecular complexity index is 1470. The van der Waals surface area contributed by atoms with Crippen LogP contribution >= 0.6 is 11.8 Å². The lowest BCUT2D eigenvalue weighted by Gasteiger charge is -2.27. The van der Waals surface area contributed by atoms with E-state index in [4.69, 9.17) is 19.1 Å². The molecular formula is C29H29N5O5S. The van der Waals surface area contributed by atoms with Crippen LogP contribution in [0.1, 0.15) is 37.5 Å². The van der Waals surface area contributed by atoms with E-state index < -0.39 is 11.3 Å². The van der Waals surface area contributed by atoms with Gasteiger partial charge < -0.3 is 19.8 Å². The molecule has 1 aromatic heterocycles. The molecule has 0 saturated heterocycles. The summed E-state index contributed by atoms with van der Waals surface area (Å²) in [5.74, 6) is 1.10. The minimum absolute atomic E-state index is 0.129. The Hall–Kier alpha value is -4.38. The van der Waals surface area contributed by atoms with Gasteiger partial charge in [-0.25, -0.2) is 9.89 Å². The SMILES string of the molecule is CC[C@H](SC1=Nc2ccccc2C2=N[C@@H](CCC(=O)NCc3ccco3)C(=O)N12)C(=O)Nc1cccc(OC)c1. The van der Waals surface area contributed by atoms with Crippen molar-refractivity contribution in [3.8, 4) is 5.75 Å². The van der Waals surface area contributed by atoms with E-state index in [-0.39, 0.29) is 37.1 Å². The Kier molecular flexibility index (Phi) is 8.30. The summed E-state index contributed by atoms with van der Waals surface area (Å²) < 4.78 is 10.5. The van der Waals surface area contributed by atoms with E-state index >= 15 is 0 Å². The molecule has 0 bridgehead atoms. The Balaban J connectivity index is 1.30. The predicted molar refractivity (Wildman–Crippen MR) is 154 cm³/mol. The maximum Gasteiger partial charge on any atom is 0.259 e. The van der Waals surface area contributed by atoms with Crippen LogP contribution in [0.25, 0.3) is 0 Å². The molecule has 3 heterocycles. The standard InChI is InChI=1S/C29H29N5O5S/c1-3-24(27(36)31-18-8-6-9-19(16-18)38-2)40-29-33-22-12-5-4-11-21(22)26-32-23(28(37)34(26)29)13-14-25(35)30-17-20-10-7-15-39-20/h4-12,15-16,23-24H,3,13-14,17H2,1-2H3,(H,30,35)(H,31,36)/t23-,24-/m0/s1. The van der Waals surface area contributed by atoms with Gasteiger partial charge in [0.2, 0.25) is 11.8 Å². The smallest absolute Gasteiger partial charge is 0.259 e. The van der Waals surface area contributed by atoms with Gasteiger partial charge >= 0.3 is 0 Å². The van der Waals surface area contributed by atoms with Gasteiger partial charge in [-0.05, 0) is 49.2 Å². The predicted octanol–water partition coefficient (Wildman–Crippen LogP) is 4.49. The second-order valence-corrected chi connectivity index (χ2v) is 10.4. The zero-order valence-corrected chi connectivity index (χ0v) is 22.9. The fraction of sp³-hybridized carbons (Fsp3) is 0.276. The highest BCUT2D eigenvalue weighted by Gasteiger charge is 2.42.